The fourth-order valence-corrected chi connectivity index (χ4v) is 2.21. The van der Waals surface area contributed by atoms with Crippen LogP contribution in [0.25, 0.3) is 0 Å². The van der Waals surface area contributed by atoms with Crippen LogP contribution in [0.3, 0.4) is 0 Å². The second kappa shape index (κ2) is 6.18. The monoisotopic (exact) mass is 258 g/mol. The molecule has 106 valence electrons. The highest BCUT2D eigenvalue weighted by Crippen LogP contribution is 2.26. The number of rotatable bonds is 6. The molecule has 0 aromatic carbocycles. The van der Waals surface area contributed by atoms with Crippen LogP contribution < -0.4 is 11.1 Å². The highest BCUT2D eigenvalue weighted by molar-refractivity contribution is 5.82. The highest BCUT2D eigenvalue weighted by Gasteiger charge is 2.28. The van der Waals surface area contributed by atoms with Crippen molar-refractivity contribution in [3.63, 3.8) is 0 Å². The summed E-state index contributed by atoms with van der Waals surface area (Å²) in [6, 6.07) is -0.764. The maximum atomic E-state index is 11.8. The third kappa shape index (κ3) is 8.06. The lowest BCUT2D eigenvalue weighted by atomic mass is 9.81. The summed E-state index contributed by atoms with van der Waals surface area (Å²) in [6.07, 6.45) is 0.887. The van der Waals surface area contributed by atoms with Gasteiger partial charge in [0.2, 0.25) is 5.91 Å². The normalized spacial score (nSPS) is 14.1. The molecular formula is C13H26N2O3. The summed E-state index contributed by atoms with van der Waals surface area (Å²) in [5.74, 6) is -1.22. The van der Waals surface area contributed by atoms with Crippen molar-refractivity contribution in [1.82, 2.24) is 5.32 Å². The molecule has 1 atom stereocenters. The van der Waals surface area contributed by atoms with Gasteiger partial charge in [0, 0.05) is 12.0 Å². The summed E-state index contributed by atoms with van der Waals surface area (Å²) < 4.78 is 0. The van der Waals surface area contributed by atoms with Crippen molar-refractivity contribution in [2.75, 3.05) is 0 Å². The lowest BCUT2D eigenvalue weighted by Gasteiger charge is -2.34. The molecule has 0 rings (SSSR count). The minimum atomic E-state index is -0.938. The predicted octanol–water partition coefficient (Wildman–Crippen LogP) is 1.51. The van der Waals surface area contributed by atoms with Crippen molar-refractivity contribution >= 4 is 11.9 Å². The molecule has 0 fully saturated rings. The zero-order valence-electron chi connectivity index (χ0n) is 12.0. The SMILES string of the molecule is CC(C)(C)CC(C)(C)NC(=O)C(N)CCC(=O)O. The van der Waals surface area contributed by atoms with Gasteiger partial charge >= 0.3 is 5.97 Å². The van der Waals surface area contributed by atoms with Gasteiger partial charge in [0.15, 0.2) is 0 Å². The second-order valence-electron chi connectivity index (χ2n) is 6.65. The fourth-order valence-electron chi connectivity index (χ4n) is 2.21. The quantitative estimate of drug-likeness (QED) is 0.673. The zero-order chi connectivity index (χ0) is 14.6. The Hall–Kier alpha value is -1.10. The van der Waals surface area contributed by atoms with Gasteiger partial charge in [0.25, 0.3) is 0 Å². The largest absolute Gasteiger partial charge is 0.481 e. The van der Waals surface area contributed by atoms with Gasteiger partial charge in [0.1, 0.15) is 0 Å². The maximum absolute atomic E-state index is 11.8. The molecule has 0 aromatic rings. The number of carbonyl (C=O) groups is 2. The molecule has 0 bridgehead atoms. The molecule has 0 saturated carbocycles. The highest BCUT2D eigenvalue weighted by atomic mass is 16.4. The van der Waals surface area contributed by atoms with Crippen LogP contribution in [0.2, 0.25) is 0 Å². The lowest BCUT2D eigenvalue weighted by molar-refractivity contribution is -0.137. The average molecular weight is 258 g/mol. The van der Waals surface area contributed by atoms with Crippen LogP contribution in [0.5, 0.6) is 0 Å². The van der Waals surface area contributed by atoms with Crippen LogP contribution in [0, 0.1) is 5.41 Å². The molecule has 0 radical (unpaired) electrons. The Kier molecular flexibility index (Phi) is 5.80. The first-order valence-corrected chi connectivity index (χ1v) is 6.22. The number of nitrogens with two attached hydrogens (primary N) is 1. The molecule has 0 aromatic heterocycles. The third-order valence-corrected chi connectivity index (χ3v) is 2.44. The molecule has 0 aliphatic rings. The van der Waals surface area contributed by atoms with Crippen LogP contribution in [0.15, 0.2) is 0 Å². The molecule has 0 saturated heterocycles. The maximum Gasteiger partial charge on any atom is 0.303 e. The number of carboxylic acid groups (broad SMARTS) is 1. The molecule has 4 N–H and O–H groups in total. The molecule has 0 aliphatic heterocycles. The number of aliphatic carboxylic acids is 1. The second-order valence-corrected chi connectivity index (χ2v) is 6.65. The summed E-state index contributed by atoms with van der Waals surface area (Å²) in [4.78, 5) is 22.2. The number of carboxylic acids is 1. The minimum Gasteiger partial charge on any atom is -0.481 e. The lowest BCUT2D eigenvalue weighted by Crippen LogP contribution is -2.51. The third-order valence-electron chi connectivity index (χ3n) is 2.44. The van der Waals surface area contributed by atoms with Crippen molar-refractivity contribution in [2.24, 2.45) is 11.1 Å². The van der Waals surface area contributed by atoms with Gasteiger partial charge in [-0.1, -0.05) is 20.8 Å². The summed E-state index contributed by atoms with van der Waals surface area (Å²) in [6.45, 7) is 10.2. The van der Waals surface area contributed by atoms with Gasteiger partial charge in [-0.15, -0.1) is 0 Å². The standard InChI is InChI=1S/C13H26N2O3/c1-12(2,3)8-13(4,5)15-11(18)9(14)6-7-10(16)17/h9H,6-8,14H2,1-5H3,(H,15,18)(H,16,17). The van der Waals surface area contributed by atoms with Gasteiger partial charge < -0.3 is 16.2 Å². The van der Waals surface area contributed by atoms with Gasteiger partial charge in [-0.3, -0.25) is 9.59 Å². The van der Waals surface area contributed by atoms with Crippen molar-refractivity contribution in [3.05, 3.63) is 0 Å². The topological polar surface area (TPSA) is 92.4 Å². The molecular weight excluding hydrogens is 232 g/mol. The van der Waals surface area contributed by atoms with Crippen molar-refractivity contribution in [1.29, 1.82) is 0 Å². The number of nitrogens with one attached hydrogen (secondary N) is 1. The molecule has 0 spiro atoms. The smallest absolute Gasteiger partial charge is 0.303 e. The van der Waals surface area contributed by atoms with Gasteiger partial charge in [-0.05, 0) is 32.1 Å². The van der Waals surface area contributed by atoms with Crippen molar-refractivity contribution in [3.8, 4) is 0 Å². The average Bonchev–Trinajstić information content (AvgIpc) is 2.08. The van der Waals surface area contributed by atoms with Crippen molar-refractivity contribution in [2.45, 2.75) is 65.5 Å². The van der Waals surface area contributed by atoms with Gasteiger partial charge in [0.05, 0.1) is 6.04 Å². The molecule has 18 heavy (non-hydrogen) atoms. The number of hydrogen-bond acceptors (Lipinski definition) is 3. The molecule has 1 amide bonds. The van der Waals surface area contributed by atoms with E-state index in [0.717, 1.165) is 6.42 Å². The van der Waals surface area contributed by atoms with E-state index >= 15 is 0 Å². The van der Waals surface area contributed by atoms with E-state index in [1.807, 2.05) is 13.8 Å². The van der Waals surface area contributed by atoms with E-state index in [-0.39, 0.29) is 29.7 Å². The molecule has 5 heteroatoms. The van der Waals surface area contributed by atoms with E-state index in [1.165, 1.54) is 0 Å². The first kappa shape index (κ1) is 16.9. The number of hydrogen-bond donors (Lipinski definition) is 3. The predicted molar refractivity (Wildman–Crippen MR) is 71.1 cm³/mol. The molecule has 1 unspecified atom stereocenters. The summed E-state index contributed by atoms with van der Waals surface area (Å²) >= 11 is 0. The van der Waals surface area contributed by atoms with E-state index in [4.69, 9.17) is 10.8 Å². The Morgan fingerprint density at radius 2 is 1.72 bits per heavy atom. The Morgan fingerprint density at radius 3 is 2.11 bits per heavy atom. The zero-order valence-corrected chi connectivity index (χ0v) is 12.0. The van der Waals surface area contributed by atoms with Gasteiger partial charge in [-0.25, -0.2) is 0 Å². The fraction of sp³-hybridized carbons (Fsp3) is 0.846. The van der Waals surface area contributed by atoms with Crippen LogP contribution in [-0.4, -0.2) is 28.6 Å². The van der Waals surface area contributed by atoms with Crippen LogP contribution in [0.1, 0.15) is 53.9 Å². The number of amides is 1. The summed E-state index contributed by atoms with van der Waals surface area (Å²) in [5.41, 5.74) is 5.41. The molecule has 0 heterocycles. The van der Waals surface area contributed by atoms with Crippen LogP contribution >= 0.6 is 0 Å². The Balaban J connectivity index is 4.32. The molecule has 0 aliphatic carbocycles. The summed E-state index contributed by atoms with van der Waals surface area (Å²) in [7, 11) is 0. The number of carbonyl (C=O) groups excluding carboxylic acids is 1. The van der Waals surface area contributed by atoms with E-state index in [9.17, 15) is 9.59 Å². The van der Waals surface area contributed by atoms with E-state index in [2.05, 4.69) is 26.1 Å². The van der Waals surface area contributed by atoms with E-state index in [0.29, 0.717) is 0 Å². The Morgan fingerprint density at radius 1 is 1.22 bits per heavy atom. The summed E-state index contributed by atoms with van der Waals surface area (Å²) in [5, 5.41) is 11.4. The van der Waals surface area contributed by atoms with Crippen LogP contribution in [-0.2, 0) is 9.59 Å². The molecule has 5 nitrogen and oxygen atoms in total. The van der Waals surface area contributed by atoms with E-state index < -0.39 is 12.0 Å². The van der Waals surface area contributed by atoms with Crippen LogP contribution in [0.4, 0.5) is 0 Å². The minimum absolute atomic E-state index is 0.0890. The Bertz CT molecular complexity index is 306. The first-order valence-electron chi connectivity index (χ1n) is 6.22. The van der Waals surface area contributed by atoms with E-state index in [1.54, 1.807) is 0 Å². The first-order chi connectivity index (χ1) is 7.93. The van der Waals surface area contributed by atoms with Gasteiger partial charge in [-0.2, -0.15) is 0 Å². The van der Waals surface area contributed by atoms with Crippen molar-refractivity contribution < 1.29 is 14.7 Å². The Labute approximate surface area is 109 Å².